The summed E-state index contributed by atoms with van der Waals surface area (Å²) >= 11 is 0. The van der Waals surface area contributed by atoms with Gasteiger partial charge in [-0.1, -0.05) is 19.1 Å². The van der Waals surface area contributed by atoms with E-state index in [9.17, 15) is 0 Å². The Bertz CT molecular complexity index is 449. The van der Waals surface area contributed by atoms with Gasteiger partial charge < -0.3 is 5.73 Å². The van der Waals surface area contributed by atoms with Crippen molar-refractivity contribution in [2.75, 3.05) is 5.73 Å². The van der Waals surface area contributed by atoms with Crippen molar-refractivity contribution < 1.29 is 0 Å². The van der Waals surface area contributed by atoms with E-state index in [1.165, 1.54) is 0 Å². The molecular formula is C12H13N3. The summed E-state index contributed by atoms with van der Waals surface area (Å²) in [5, 5.41) is 0. The zero-order chi connectivity index (χ0) is 10.7. The number of hydrogen-bond acceptors (Lipinski definition) is 3. The first kappa shape index (κ1) is 9.65. The number of anilines is 1. The van der Waals surface area contributed by atoms with Gasteiger partial charge in [-0.3, -0.25) is 0 Å². The van der Waals surface area contributed by atoms with Crippen LogP contribution in [0.4, 0.5) is 5.69 Å². The fraction of sp³-hybridized carbons (Fsp3) is 0.167. The Labute approximate surface area is 89.0 Å². The molecule has 0 unspecified atom stereocenters. The molecule has 0 saturated carbocycles. The van der Waals surface area contributed by atoms with E-state index in [2.05, 4.69) is 16.9 Å². The monoisotopic (exact) mass is 199 g/mol. The van der Waals surface area contributed by atoms with Crippen molar-refractivity contribution >= 4 is 5.69 Å². The minimum Gasteiger partial charge on any atom is -0.399 e. The molecule has 0 radical (unpaired) electrons. The van der Waals surface area contributed by atoms with Crippen LogP contribution in [0.3, 0.4) is 0 Å². The van der Waals surface area contributed by atoms with Gasteiger partial charge in [-0.15, -0.1) is 0 Å². The van der Waals surface area contributed by atoms with Crippen LogP contribution in [0, 0.1) is 0 Å². The molecule has 3 heteroatoms. The minimum absolute atomic E-state index is 0.722. The summed E-state index contributed by atoms with van der Waals surface area (Å²) in [4.78, 5) is 8.59. The molecule has 15 heavy (non-hydrogen) atoms. The first-order chi connectivity index (χ1) is 7.29. The molecule has 0 saturated heterocycles. The Balaban J connectivity index is 2.37. The molecule has 0 bridgehead atoms. The molecule has 0 atom stereocenters. The van der Waals surface area contributed by atoms with Crippen molar-refractivity contribution in [3.05, 3.63) is 42.2 Å². The molecule has 0 aliphatic carbocycles. The van der Waals surface area contributed by atoms with Gasteiger partial charge in [-0.05, 0) is 24.1 Å². The summed E-state index contributed by atoms with van der Waals surface area (Å²) in [6.45, 7) is 2.08. The van der Waals surface area contributed by atoms with Gasteiger partial charge in [-0.2, -0.15) is 0 Å². The van der Waals surface area contributed by atoms with Crippen molar-refractivity contribution in [1.29, 1.82) is 0 Å². The van der Waals surface area contributed by atoms with Crippen LogP contribution in [-0.2, 0) is 6.42 Å². The molecule has 2 N–H and O–H groups in total. The lowest BCUT2D eigenvalue weighted by Crippen LogP contribution is -1.92. The second-order valence-electron chi connectivity index (χ2n) is 3.39. The van der Waals surface area contributed by atoms with Gasteiger partial charge in [0.25, 0.3) is 0 Å². The lowest BCUT2D eigenvalue weighted by molar-refractivity contribution is 1.05. The number of aromatic nitrogens is 2. The quantitative estimate of drug-likeness (QED) is 0.755. The van der Waals surface area contributed by atoms with Crippen molar-refractivity contribution in [2.24, 2.45) is 0 Å². The highest BCUT2D eigenvalue weighted by molar-refractivity contribution is 5.60. The molecule has 2 aromatic rings. The first-order valence-corrected chi connectivity index (χ1v) is 4.96. The third-order valence-electron chi connectivity index (χ3n) is 2.26. The predicted octanol–water partition coefficient (Wildman–Crippen LogP) is 2.29. The maximum absolute atomic E-state index is 5.70. The summed E-state index contributed by atoms with van der Waals surface area (Å²) < 4.78 is 0. The van der Waals surface area contributed by atoms with E-state index < -0.39 is 0 Å². The topological polar surface area (TPSA) is 51.8 Å². The van der Waals surface area contributed by atoms with Crippen LogP contribution in [0.2, 0.25) is 0 Å². The van der Waals surface area contributed by atoms with Crippen molar-refractivity contribution in [1.82, 2.24) is 9.97 Å². The highest BCUT2D eigenvalue weighted by Gasteiger charge is 2.00. The average molecular weight is 199 g/mol. The van der Waals surface area contributed by atoms with Gasteiger partial charge in [0, 0.05) is 23.6 Å². The molecule has 76 valence electrons. The summed E-state index contributed by atoms with van der Waals surface area (Å²) in [6.07, 6.45) is 4.66. The summed E-state index contributed by atoms with van der Waals surface area (Å²) in [5.74, 6) is 0.722. The van der Waals surface area contributed by atoms with Gasteiger partial charge in [-0.25, -0.2) is 9.97 Å². The number of benzene rings is 1. The lowest BCUT2D eigenvalue weighted by atomic mass is 10.2. The van der Waals surface area contributed by atoms with Crippen molar-refractivity contribution in [3.63, 3.8) is 0 Å². The molecule has 1 aromatic carbocycles. The van der Waals surface area contributed by atoms with Crippen LogP contribution < -0.4 is 5.73 Å². The van der Waals surface area contributed by atoms with Gasteiger partial charge in [0.1, 0.15) is 0 Å². The van der Waals surface area contributed by atoms with Gasteiger partial charge in [0.15, 0.2) is 5.82 Å². The standard InChI is InChI=1S/C12H13N3/c1-2-9-7-14-12(15-8-9)10-4-3-5-11(13)6-10/h3-8H,2,13H2,1H3. The number of aryl methyl sites for hydroxylation is 1. The van der Waals surface area contributed by atoms with Gasteiger partial charge in [0.05, 0.1) is 0 Å². The third kappa shape index (κ3) is 2.13. The maximum Gasteiger partial charge on any atom is 0.159 e. The van der Waals surface area contributed by atoms with E-state index in [1.807, 2.05) is 36.7 Å². The third-order valence-corrected chi connectivity index (χ3v) is 2.26. The van der Waals surface area contributed by atoms with Crippen LogP contribution in [0.25, 0.3) is 11.4 Å². The van der Waals surface area contributed by atoms with E-state index in [1.54, 1.807) is 0 Å². The zero-order valence-electron chi connectivity index (χ0n) is 8.64. The van der Waals surface area contributed by atoms with Crippen molar-refractivity contribution in [3.8, 4) is 11.4 Å². The SMILES string of the molecule is CCc1cnc(-c2cccc(N)c2)nc1. The maximum atomic E-state index is 5.70. The lowest BCUT2D eigenvalue weighted by Gasteiger charge is -2.01. The summed E-state index contributed by atoms with van der Waals surface area (Å²) in [6, 6.07) is 7.59. The molecular weight excluding hydrogens is 186 g/mol. The fourth-order valence-corrected chi connectivity index (χ4v) is 1.36. The number of rotatable bonds is 2. The molecule has 1 aromatic heterocycles. The van der Waals surface area contributed by atoms with E-state index in [-0.39, 0.29) is 0 Å². The summed E-state index contributed by atoms with van der Waals surface area (Å²) in [7, 11) is 0. The molecule has 2 rings (SSSR count). The van der Waals surface area contributed by atoms with Crippen LogP contribution in [0.15, 0.2) is 36.7 Å². The smallest absolute Gasteiger partial charge is 0.159 e. The van der Waals surface area contributed by atoms with E-state index in [0.717, 1.165) is 29.1 Å². The highest BCUT2D eigenvalue weighted by atomic mass is 14.9. The van der Waals surface area contributed by atoms with E-state index in [4.69, 9.17) is 5.73 Å². The first-order valence-electron chi connectivity index (χ1n) is 4.96. The molecule has 3 nitrogen and oxygen atoms in total. The van der Waals surface area contributed by atoms with E-state index in [0.29, 0.717) is 0 Å². The molecule has 0 aliphatic heterocycles. The Kier molecular flexibility index (Phi) is 2.63. The molecule has 0 aliphatic rings. The molecule has 1 heterocycles. The predicted molar refractivity (Wildman–Crippen MR) is 61.3 cm³/mol. The van der Waals surface area contributed by atoms with Crippen LogP contribution in [0.1, 0.15) is 12.5 Å². The largest absolute Gasteiger partial charge is 0.399 e. The number of nitrogen functional groups attached to an aromatic ring is 1. The second kappa shape index (κ2) is 4.09. The second-order valence-corrected chi connectivity index (χ2v) is 3.39. The number of nitrogens with two attached hydrogens (primary N) is 1. The number of nitrogens with zero attached hydrogens (tertiary/aromatic N) is 2. The normalized spacial score (nSPS) is 10.2. The molecule has 0 amide bonds. The Hall–Kier alpha value is -1.90. The van der Waals surface area contributed by atoms with E-state index >= 15 is 0 Å². The highest BCUT2D eigenvalue weighted by Crippen LogP contribution is 2.16. The number of hydrogen-bond donors (Lipinski definition) is 1. The van der Waals surface area contributed by atoms with Gasteiger partial charge in [0.2, 0.25) is 0 Å². The van der Waals surface area contributed by atoms with Crippen LogP contribution in [0.5, 0.6) is 0 Å². The fourth-order valence-electron chi connectivity index (χ4n) is 1.36. The Morgan fingerprint density at radius 2 is 1.93 bits per heavy atom. The molecule has 0 fully saturated rings. The van der Waals surface area contributed by atoms with Crippen molar-refractivity contribution in [2.45, 2.75) is 13.3 Å². The Morgan fingerprint density at radius 1 is 1.20 bits per heavy atom. The minimum atomic E-state index is 0.722. The summed E-state index contributed by atoms with van der Waals surface area (Å²) in [5.41, 5.74) is 8.53. The van der Waals surface area contributed by atoms with Crippen LogP contribution in [-0.4, -0.2) is 9.97 Å². The Morgan fingerprint density at radius 3 is 2.53 bits per heavy atom. The molecule has 0 spiro atoms. The van der Waals surface area contributed by atoms with Crippen LogP contribution >= 0.6 is 0 Å². The average Bonchev–Trinajstić information content (AvgIpc) is 2.29. The zero-order valence-corrected chi connectivity index (χ0v) is 8.64. The van der Waals surface area contributed by atoms with Gasteiger partial charge >= 0.3 is 0 Å².